The van der Waals surface area contributed by atoms with E-state index >= 15 is 0 Å². The van der Waals surface area contributed by atoms with Crippen molar-refractivity contribution in [1.82, 2.24) is 0 Å². The zero-order valence-corrected chi connectivity index (χ0v) is 20.6. The smallest absolute Gasteiger partial charge is 0.264 e. The number of fused-ring (bicyclic) bond motifs is 1. The maximum Gasteiger partial charge on any atom is 0.264 e. The third-order valence-corrected chi connectivity index (χ3v) is 8.20. The minimum Gasteiger partial charge on any atom is -0.321 e. The second kappa shape index (κ2) is 8.71. The fourth-order valence-electron chi connectivity index (χ4n) is 4.27. The molecule has 0 fully saturated rings. The Balaban J connectivity index is 1.65. The van der Waals surface area contributed by atoms with E-state index in [0.29, 0.717) is 17.7 Å². The Morgan fingerprint density at radius 2 is 1.84 bits per heavy atom. The van der Waals surface area contributed by atoms with Crippen molar-refractivity contribution in [2.75, 3.05) is 9.62 Å². The summed E-state index contributed by atoms with van der Waals surface area (Å²) in [5, 5.41) is 3.05. The number of anilines is 2. The molecule has 0 saturated heterocycles. The number of hydrogen-bond acceptors (Lipinski definition) is 3. The minimum atomic E-state index is -3.67. The highest BCUT2D eigenvalue weighted by Crippen LogP contribution is 2.37. The predicted octanol–water partition coefficient (Wildman–Crippen LogP) is 5.71. The summed E-state index contributed by atoms with van der Waals surface area (Å²) in [6.07, 6.45) is 1.35. The molecule has 5 nitrogen and oxygen atoms in total. The summed E-state index contributed by atoms with van der Waals surface area (Å²) in [5.74, 6) is -0.204. The van der Waals surface area contributed by atoms with Crippen LogP contribution < -0.4 is 9.62 Å². The van der Waals surface area contributed by atoms with Gasteiger partial charge in [-0.3, -0.25) is 9.10 Å². The molecule has 1 heterocycles. The lowest BCUT2D eigenvalue weighted by molar-refractivity contribution is 0.102. The topological polar surface area (TPSA) is 66.5 Å². The van der Waals surface area contributed by atoms with Gasteiger partial charge >= 0.3 is 0 Å². The van der Waals surface area contributed by atoms with Crippen molar-refractivity contribution in [3.8, 4) is 0 Å². The number of halogens is 1. The van der Waals surface area contributed by atoms with E-state index in [1.54, 1.807) is 42.5 Å². The van der Waals surface area contributed by atoms with Gasteiger partial charge in [-0.05, 0) is 85.8 Å². The number of rotatable bonds is 5. The molecular weight excluding hydrogens is 488 g/mol. The summed E-state index contributed by atoms with van der Waals surface area (Å²) in [6, 6.07) is 17.4. The lowest BCUT2D eigenvalue weighted by Crippen LogP contribution is -2.35. The summed E-state index contributed by atoms with van der Waals surface area (Å²) in [5.41, 5.74) is 4.86. The van der Waals surface area contributed by atoms with Crippen LogP contribution in [0.25, 0.3) is 0 Å². The molecule has 1 N–H and O–H groups in total. The first-order chi connectivity index (χ1) is 15.2. The molecule has 7 heteroatoms. The second-order valence-electron chi connectivity index (χ2n) is 8.08. The Hall–Kier alpha value is -2.64. The van der Waals surface area contributed by atoms with Gasteiger partial charge in [-0.25, -0.2) is 8.42 Å². The van der Waals surface area contributed by atoms with Crippen molar-refractivity contribution in [2.24, 2.45) is 0 Å². The molecule has 3 aromatic rings. The van der Waals surface area contributed by atoms with Crippen molar-refractivity contribution in [3.05, 3.63) is 87.4 Å². The largest absolute Gasteiger partial charge is 0.321 e. The molecule has 0 radical (unpaired) electrons. The van der Waals surface area contributed by atoms with Gasteiger partial charge in [0, 0.05) is 21.8 Å². The van der Waals surface area contributed by atoms with Crippen LogP contribution in [0.5, 0.6) is 0 Å². The van der Waals surface area contributed by atoms with Gasteiger partial charge in [0.05, 0.1) is 10.6 Å². The van der Waals surface area contributed by atoms with Gasteiger partial charge in [0.25, 0.3) is 15.9 Å². The average molecular weight is 513 g/mol. The highest BCUT2D eigenvalue weighted by Gasteiger charge is 2.36. The summed E-state index contributed by atoms with van der Waals surface area (Å²) >= 11 is 3.51. The molecule has 4 rings (SSSR count). The maximum atomic E-state index is 13.2. The molecule has 1 atom stereocenters. The Labute approximate surface area is 197 Å². The molecule has 1 amide bonds. The summed E-state index contributed by atoms with van der Waals surface area (Å²) in [6.45, 7) is 5.91. The first-order valence-corrected chi connectivity index (χ1v) is 12.8. The zero-order valence-electron chi connectivity index (χ0n) is 18.2. The van der Waals surface area contributed by atoms with Gasteiger partial charge in [0.2, 0.25) is 0 Å². The number of nitrogens with one attached hydrogen (secondary N) is 1. The molecule has 1 aliphatic rings. The molecule has 0 aromatic heterocycles. The Bertz CT molecular complexity index is 1290. The number of aryl methyl sites for hydroxylation is 2. The van der Waals surface area contributed by atoms with Crippen molar-refractivity contribution >= 4 is 43.2 Å². The summed E-state index contributed by atoms with van der Waals surface area (Å²) < 4.78 is 28.9. The van der Waals surface area contributed by atoms with Crippen LogP contribution in [-0.4, -0.2) is 20.4 Å². The number of amides is 1. The number of benzene rings is 3. The zero-order chi connectivity index (χ0) is 23.0. The van der Waals surface area contributed by atoms with E-state index in [1.165, 1.54) is 4.31 Å². The summed E-state index contributed by atoms with van der Waals surface area (Å²) in [4.78, 5) is 13.3. The van der Waals surface area contributed by atoms with E-state index in [0.717, 1.165) is 33.3 Å². The number of sulfonamides is 1. The van der Waals surface area contributed by atoms with Gasteiger partial charge in [0.15, 0.2) is 0 Å². The van der Waals surface area contributed by atoms with Crippen LogP contribution in [0.4, 0.5) is 11.4 Å². The Morgan fingerprint density at radius 3 is 2.53 bits per heavy atom. The van der Waals surface area contributed by atoms with Crippen molar-refractivity contribution in [2.45, 2.75) is 44.6 Å². The summed E-state index contributed by atoms with van der Waals surface area (Å²) in [7, 11) is -3.67. The minimum absolute atomic E-state index is 0.204. The second-order valence-corrected chi connectivity index (χ2v) is 10.8. The van der Waals surface area contributed by atoms with Gasteiger partial charge in [-0.2, -0.15) is 0 Å². The number of carbonyl (C=O) groups is 1. The van der Waals surface area contributed by atoms with Crippen LogP contribution >= 0.6 is 15.9 Å². The van der Waals surface area contributed by atoms with Crippen LogP contribution in [0.3, 0.4) is 0 Å². The van der Waals surface area contributed by atoms with E-state index in [1.807, 2.05) is 32.0 Å². The molecular formula is C25H25BrN2O3S. The quantitative estimate of drug-likeness (QED) is 0.475. The van der Waals surface area contributed by atoms with Crippen LogP contribution in [-0.2, 0) is 22.9 Å². The van der Waals surface area contributed by atoms with Crippen LogP contribution in [0.15, 0.2) is 70.0 Å². The fourth-order valence-corrected chi connectivity index (χ4v) is 6.61. The fraction of sp³-hybridized carbons (Fsp3) is 0.240. The Kier molecular flexibility index (Phi) is 6.14. The predicted molar refractivity (Wildman–Crippen MR) is 132 cm³/mol. The van der Waals surface area contributed by atoms with Crippen molar-refractivity contribution in [3.63, 3.8) is 0 Å². The van der Waals surface area contributed by atoms with E-state index in [9.17, 15) is 13.2 Å². The van der Waals surface area contributed by atoms with E-state index in [2.05, 4.69) is 28.2 Å². The molecule has 3 aromatic carbocycles. The molecule has 0 bridgehead atoms. The Morgan fingerprint density at radius 1 is 1.12 bits per heavy atom. The highest BCUT2D eigenvalue weighted by atomic mass is 79.9. The van der Waals surface area contributed by atoms with E-state index < -0.39 is 10.0 Å². The van der Waals surface area contributed by atoms with Crippen LogP contribution in [0.1, 0.15) is 40.9 Å². The third kappa shape index (κ3) is 4.07. The molecule has 32 heavy (non-hydrogen) atoms. The number of hydrogen-bond donors (Lipinski definition) is 1. The molecule has 0 aliphatic carbocycles. The van der Waals surface area contributed by atoms with E-state index in [-0.39, 0.29) is 16.8 Å². The monoisotopic (exact) mass is 512 g/mol. The van der Waals surface area contributed by atoms with Gasteiger partial charge in [0.1, 0.15) is 0 Å². The van der Waals surface area contributed by atoms with Gasteiger partial charge in [-0.1, -0.05) is 41.1 Å². The molecule has 0 spiro atoms. The SMILES string of the molecule is CCc1cc(Br)cc(C)c1NC(=O)c1ccc2c(c1)C[C@@H](C)N2S(=O)(=O)c1ccccc1. The lowest BCUT2D eigenvalue weighted by Gasteiger charge is -2.24. The van der Waals surface area contributed by atoms with Gasteiger partial charge < -0.3 is 5.32 Å². The third-order valence-electron chi connectivity index (χ3n) is 5.80. The first-order valence-electron chi connectivity index (χ1n) is 10.5. The highest BCUT2D eigenvalue weighted by molar-refractivity contribution is 9.10. The molecule has 1 aliphatic heterocycles. The van der Waals surface area contributed by atoms with Crippen LogP contribution in [0.2, 0.25) is 0 Å². The molecule has 0 saturated carbocycles. The normalized spacial score (nSPS) is 15.5. The average Bonchev–Trinajstić information content (AvgIpc) is 3.11. The number of carbonyl (C=O) groups excluding carboxylic acids is 1. The number of nitrogens with zero attached hydrogens (tertiary/aromatic N) is 1. The molecule has 166 valence electrons. The van der Waals surface area contributed by atoms with E-state index in [4.69, 9.17) is 0 Å². The maximum absolute atomic E-state index is 13.2. The van der Waals surface area contributed by atoms with Crippen molar-refractivity contribution in [1.29, 1.82) is 0 Å². The first kappa shape index (κ1) is 22.6. The van der Waals surface area contributed by atoms with Crippen LogP contribution in [0, 0.1) is 6.92 Å². The lowest BCUT2D eigenvalue weighted by atomic mass is 10.0. The van der Waals surface area contributed by atoms with Crippen molar-refractivity contribution < 1.29 is 13.2 Å². The van der Waals surface area contributed by atoms with Gasteiger partial charge in [-0.15, -0.1) is 0 Å². The standard InChI is InChI=1S/C25H25BrN2O3S/c1-4-18-15-21(26)12-16(2)24(18)27-25(29)19-10-11-23-20(14-19)13-17(3)28(23)32(30,31)22-8-6-5-7-9-22/h5-12,14-15,17H,4,13H2,1-3H3,(H,27,29)/t17-/m1/s1. The molecule has 0 unspecified atom stereocenters.